The van der Waals surface area contributed by atoms with Crippen LogP contribution in [0.4, 0.5) is 0 Å². The Hall–Kier alpha value is -1.83. The Morgan fingerprint density at radius 2 is 2.33 bits per heavy atom. The summed E-state index contributed by atoms with van der Waals surface area (Å²) in [5.74, 6) is 2.50. The maximum Gasteiger partial charge on any atom is 0.137 e. The minimum absolute atomic E-state index is 0.266. The van der Waals surface area contributed by atoms with Crippen molar-refractivity contribution in [3.05, 3.63) is 47.0 Å². The van der Waals surface area contributed by atoms with Gasteiger partial charge in [0.2, 0.25) is 0 Å². The molecule has 5 heteroatoms. The number of benzene rings is 1. The first kappa shape index (κ1) is 12.6. The standard InChI is InChI=1S/C13H12ClN3O/c1-3-10-4-5-11(12(14)6-10)13(2,18)7-17-9-15-8-16-17/h1,4-6,8-9,18H,7H2,2H3. The Morgan fingerprint density at radius 3 is 2.89 bits per heavy atom. The van der Waals surface area contributed by atoms with E-state index >= 15 is 0 Å². The lowest BCUT2D eigenvalue weighted by molar-refractivity contribution is 0.0346. The smallest absolute Gasteiger partial charge is 0.137 e. The van der Waals surface area contributed by atoms with Crippen molar-refractivity contribution in [2.75, 3.05) is 0 Å². The summed E-state index contributed by atoms with van der Waals surface area (Å²) in [4.78, 5) is 3.83. The first-order valence-electron chi connectivity index (χ1n) is 5.34. The molecule has 1 aromatic heterocycles. The van der Waals surface area contributed by atoms with Crippen molar-refractivity contribution in [1.29, 1.82) is 0 Å². The molecule has 0 saturated heterocycles. The maximum absolute atomic E-state index is 10.5. The molecule has 0 aliphatic heterocycles. The van der Waals surface area contributed by atoms with E-state index in [-0.39, 0.29) is 6.54 Å². The summed E-state index contributed by atoms with van der Waals surface area (Å²) in [6.45, 7) is 1.94. The van der Waals surface area contributed by atoms with Gasteiger partial charge in [-0.05, 0) is 19.1 Å². The van der Waals surface area contributed by atoms with Crippen LogP contribution in [0.5, 0.6) is 0 Å². The van der Waals surface area contributed by atoms with Crippen molar-refractivity contribution in [1.82, 2.24) is 14.8 Å². The van der Waals surface area contributed by atoms with E-state index in [1.807, 2.05) is 0 Å². The van der Waals surface area contributed by atoms with Gasteiger partial charge < -0.3 is 5.11 Å². The number of aliphatic hydroxyl groups is 1. The van der Waals surface area contributed by atoms with Crippen LogP contribution >= 0.6 is 11.6 Å². The molecule has 2 aromatic rings. The minimum Gasteiger partial charge on any atom is -0.383 e. The van der Waals surface area contributed by atoms with Crippen molar-refractivity contribution < 1.29 is 5.11 Å². The molecule has 1 N–H and O–H groups in total. The van der Waals surface area contributed by atoms with Gasteiger partial charge in [-0.2, -0.15) is 5.10 Å². The number of aromatic nitrogens is 3. The third-order valence-electron chi connectivity index (χ3n) is 2.65. The number of rotatable bonds is 3. The second kappa shape index (κ2) is 4.81. The molecule has 2 rings (SSSR count). The molecule has 0 bridgehead atoms. The van der Waals surface area contributed by atoms with E-state index in [0.29, 0.717) is 16.1 Å². The van der Waals surface area contributed by atoms with Gasteiger partial charge in [-0.1, -0.05) is 23.6 Å². The first-order chi connectivity index (χ1) is 8.53. The summed E-state index contributed by atoms with van der Waals surface area (Å²) >= 11 is 6.13. The monoisotopic (exact) mass is 261 g/mol. The van der Waals surface area contributed by atoms with Gasteiger partial charge >= 0.3 is 0 Å². The molecular weight excluding hydrogens is 250 g/mol. The second-order valence-electron chi connectivity index (χ2n) is 4.21. The highest BCUT2D eigenvalue weighted by Gasteiger charge is 2.26. The molecule has 1 aromatic carbocycles. The van der Waals surface area contributed by atoms with Crippen molar-refractivity contribution in [3.8, 4) is 12.3 Å². The van der Waals surface area contributed by atoms with E-state index in [9.17, 15) is 5.11 Å². The minimum atomic E-state index is -1.14. The number of nitrogens with zero attached hydrogens (tertiary/aromatic N) is 3. The number of halogens is 1. The van der Waals surface area contributed by atoms with E-state index in [4.69, 9.17) is 18.0 Å². The Bertz CT molecular complexity index is 585. The van der Waals surface area contributed by atoms with E-state index < -0.39 is 5.60 Å². The summed E-state index contributed by atoms with van der Waals surface area (Å²) in [5, 5.41) is 14.9. The summed E-state index contributed by atoms with van der Waals surface area (Å²) < 4.78 is 1.55. The Labute approximate surface area is 110 Å². The molecule has 1 atom stereocenters. The van der Waals surface area contributed by atoms with Crippen LogP contribution in [-0.4, -0.2) is 19.9 Å². The zero-order chi connectivity index (χ0) is 13.2. The number of terminal acetylenes is 1. The fraction of sp³-hybridized carbons (Fsp3) is 0.231. The highest BCUT2D eigenvalue weighted by molar-refractivity contribution is 6.31. The molecule has 92 valence electrons. The lowest BCUT2D eigenvalue weighted by Gasteiger charge is -2.24. The van der Waals surface area contributed by atoms with Gasteiger partial charge in [-0.3, -0.25) is 0 Å². The van der Waals surface area contributed by atoms with Crippen LogP contribution in [0.25, 0.3) is 0 Å². The predicted molar refractivity (Wildman–Crippen MR) is 69.0 cm³/mol. The highest BCUT2D eigenvalue weighted by atomic mass is 35.5. The summed E-state index contributed by atoms with van der Waals surface area (Å²) in [7, 11) is 0. The molecule has 1 unspecified atom stereocenters. The first-order valence-corrected chi connectivity index (χ1v) is 5.72. The van der Waals surface area contributed by atoms with E-state index in [0.717, 1.165) is 0 Å². The van der Waals surface area contributed by atoms with Crippen LogP contribution in [0.3, 0.4) is 0 Å². The van der Waals surface area contributed by atoms with E-state index in [1.165, 1.54) is 12.7 Å². The summed E-state index contributed by atoms with van der Waals surface area (Å²) in [6, 6.07) is 5.14. The van der Waals surface area contributed by atoms with Crippen LogP contribution in [0.1, 0.15) is 18.1 Å². The quantitative estimate of drug-likeness (QED) is 0.858. The van der Waals surface area contributed by atoms with Gasteiger partial charge in [0, 0.05) is 16.1 Å². The predicted octanol–water partition coefficient (Wildman–Crippen LogP) is 1.82. The van der Waals surface area contributed by atoms with E-state index in [1.54, 1.807) is 29.8 Å². The molecule has 0 fully saturated rings. The van der Waals surface area contributed by atoms with Crippen LogP contribution < -0.4 is 0 Å². The van der Waals surface area contributed by atoms with Gasteiger partial charge in [-0.15, -0.1) is 6.42 Å². The van der Waals surface area contributed by atoms with Gasteiger partial charge in [0.25, 0.3) is 0 Å². The normalized spacial score (nSPS) is 13.9. The summed E-state index contributed by atoms with van der Waals surface area (Å²) in [6.07, 6.45) is 8.25. The fourth-order valence-electron chi connectivity index (χ4n) is 1.76. The number of hydrogen-bond acceptors (Lipinski definition) is 3. The average molecular weight is 262 g/mol. The van der Waals surface area contributed by atoms with Crippen molar-refractivity contribution >= 4 is 11.6 Å². The maximum atomic E-state index is 10.5. The van der Waals surface area contributed by atoms with Gasteiger partial charge in [0.1, 0.15) is 18.3 Å². The molecule has 0 saturated carbocycles. The molecular formula is C13H12ClN3O. The largest absolute Gasteiger partial charge is 0.383 e. The number of hydrogen-bond donors (Lipinski definition) is 1. The van der Waals surface area contributed by atoms with Crippen molar-refractivity contribution in [3.63, 3.8) is 0 Å². The zero-order valence-electron chi connectivity index (χ0n) is 9.84. The Morgan fingerprint density at radius 1 is 1.56 bits per heavy atom. The zero-order valence-corrected chi connectivity index (χ0v) is 10.6. The molecule has 0 radical (unpaired) electrons. The molecule has 1 heterocycles. The van der Waals surface area contributed by atoms with Gasteiger partial charge in [0.15, 0.2) is 0 Å². The average Bonchev–Trinajstić information content (AvgIpc) is 2.80. The second-order valence-corrected chi connectivity index (χ2v) is 4.61. The third kappa shape index (κ3) is 2.53. The van der Waals surface area contributed by atoms with Gasteiger partial charge in [0.05, 0.1) is 6.54 Å². The molecule has 18 heavy (non-hydrogen) atoms. The highest BCUT2D eigenvalue weighted by Crippen LogP contribution is 2.29. The fourth-order valence-corrected chi connectivity index (χ4v) is 2.14. The molecule has 0 aliphatic carbocycles. The molecule has 4 nitrogen and oxygen atoms in total. The Balaban J connectivity index is 2.32. The lowest BCUT2D eigenvalue weighted by Crippen LogP contribution is -2.28. The molecule has 0 aliphatic rings. The Kier molecular flexibility index (Phi) is 3.37. The molecule has 0 spiro atoms. The van der Waals surface area contributed by atoms with Crippen LogP contribution in [0.2, 0.25) is 5.02 Å². The van der Waals surface area contributed by atoms with Gasteiger partial charge in [-0.25, -0.2) is 9.67 Å². The lowest BCUT2D eigenvalue weighted by atomic mass is 9.95. The topological polar surface area (TPSA) is 50.9 Å². The van der Waals surface area contributed by atoms with Crippen molar-refractivity contribution in [2.24, 2.45) is 0 Å². The SMILES string of the molecule is C#Cc1ccc(C(C)(O)Cn2cncn2)c(Cl)c1. The third-order valence-corrected chi connectivity index (χ3v) is 2.97. The van der Waals surface area contributed by atoms with Crippen LogP contribution in [-0.2, 0) is 12.1 Å². The molecule has 0 amide bonds. The van der Waals surface area contributed by atoms with Crippen molar-refractivity contribution in [2.45, 2.75) is 19.1 Å². The van der Waals surface area contributed by atoms with Crippen LogP contribution in [0, 0.1) is 12.3 Å². The van der Waals surface area contributed by atoms with Crippen LogP contribution in [0.15, 0.2) is 30.9 Å². The van der Waals surface area contributed by atoms with E-state index in [2.05, 4.69) is 16.0 Å². The summed E-state index contributed by atoms with van der Waals surface area (Å²) in [5.41, 5.74) is 0.150.